The standard InChI is InChI=1S/C7H4F6N2O/c8-6(9,10)4-3(1-14-2-15-4)5(16)7(11,12)13/h1,15H,2H2. The van der Waals surface area contributed by atoms with E-state index in [1.165, 1.54) is 0 Å². The van der Waals surface area contributed by atoms with Crippen LogP contribution in [0.3, 0.4) is 0 Å². The van der Waals surface area contributed by atoms with Crippen molar-refractivity contribution in [3.8, 4) is 0 Å². The van der Waals surface area contributed by atoms with Gasteiger partial charge in [0.05, 0.1) is 5.57 Å². The Labute approximate surface area is 84.8 Å². The number of ketones is 1. The van der Waals surface area contributed by atoms with Crippen LogP contribution in [0.5, 0.6) is 0 Å². The van der Waals surface area contributed by atoms with Gasteiger partial charge < -0.3 is 5.32 Å². The van der Waals surface area contributed by atoms with Crippen LogP contribution in [0.2, 0.25) is 0 Å². The second kappa shape index (κ2) is 3.80. The number of hydrogen-bond acceptors (Lipinski definition) is 3. The predicted octanol–water partition coefficient (Wildman–Crippen LogP) is 1.57. The SMILES string of the molecule is O=C(C1=C(C(F)(F)F)NCN=C1)C(F)(F)F. The second-order valence-electron chi connectivity index (χ2n) is 2.76. The van der Waals surface area contributed by atoms with Crippen LogP contribution in [0.1, 0.15) is 0 Å². The minimum absolute atomic E-state index is 0.273. The van der Waals surface area contributed by atoms with Crippen LogP contribution >= 0.6 is 0 Å². The third kappa shape index (κ3) is 2.52. The van der Waals surface area contributed by atoms with E-state index in [0.717, 1.165) is 0 Å². The van der Waals surface area contributed by atoms with Crippen LogP contribution in [0.4, 0.5) is 26.3 Å². The molecular formula is C7H4F6N2O. The number of rotatable bonds is 1. The lowest BCUT2D eigenvalue weighted by Gasteiger charge is -2.19. The molecule has 0 aromatic carbocycles. The molecule has 90 valence electrons. The fraction of sp³-hybridized carbons (Fsp3) is 0.429. The molecule has 1 N–H and O–H groups in total. The van der Waals surface area contributed by atoms with Crippen molar-refractivity contribution in [1.29, 1.82) is 0 Å². The summed E-state index contributed by atoms with van der Waals surface area (Å²) in [6.07, 6.45) is -10.1. The fourth-order valence-corrected chi connectivity index (χ4v) is 0.999. The second-order valence-corrected chi connectivity index (χ2v) is 2.76. The molecule has 1 aliphatic heterocycles. The van der Waals surface area contributed by atoms with Crippen molar-refractivity contribution in [2.75, 3.05) is 6.67 Å². The molecule has 0 aromatic rings. The van der Waals surface area contributed by atoms with Crippen LogP contribution in [-0.2, 0) is 4.79 Å². The molecule has 0 saturated carbocycles. The Morgan fingerprint density at radius 1 is 1.25 bits per heavy atom. The van der Waals surface area contributed by atoms with E-state index in [9.17, 15) is 31.1 Å². The minimum atomic E-state index is -5.36. The quantitative estimate of drug-likeness (QED) is 0.713. The molecule has 0 atom stereocenters. The molecule has 0 bridgehead atoms. The summed E-state index contributed by atoms with van der Waals surface area (Å²) in [5, 5.41) is 1.60. The highest BCUT2D eigenvalue weighted by Crippen LogP contribution is 2.30. The van der Waals surface area contributed by atoms with Crippen molar-refractivity contribution < 1.29 is 31.1 Å². The monoisotopic (exact) mass is 246 g/mol. The number of carbonyl (C=O) groups is 1. The summed E-state index contributed by atoms with van der Waals surface area (Å²) in [4.78, 5) is 13.8. The first-order valence-corrected chi connectivity index (χ1v) is 3.80. The Morgan fingerprint density at radius 3 is 2.25 bits per heavy atom. The third-order valence-electron chi connectivity index (χ3n) is 1.62. The minimum Gasteiger partial charge on any atom is -0.362 e. The average molecular weight is 246 g/mol. The Kier molecular flexibility index (Phi) is 2.97. The van der Waals surface area contributed by atoms with Gasteiger partial charge in [0.25, 0.3) is 5.78 Å². The van der Waals surface area contributed by atoms with E-state index in [-0.39, 0.29) is 6.21 Å². The fourth-order valence-electron chi connectivity index (χ4n) is 0.999. The van der Waals surface area contributed by atoms with Gasteiger partial charge in [0.15, 0.2) is 0 Å². The zero-order chi connectivity index (χ0) is 12.6. The molecule has 0 unspecified atom stereocenters. The van der Waals surface area contributed by atoms with E-state index in [1.54, 1.807) is 5.32 Å². The predicted molar refractivity (Wildman–Crippen MR) is 40.6 cm³/mol. The first kappa shape index (κ1) is 12.5. The number of Topliss-reactive ketones (excluding diaryl/α,β-unsaturated/α-hetero) is 1. The molecule has 1 heterocycles. The summed E-state index contributed by atoms with van der Waals surface area (Å²) >= 11 is 0. The number of hydrogen-bond donors (Lipinski definition) is 1. The summed E-state index contributed by atoms with van der Waals surface area (Å²) in [6.45, 7) is -0.524. The first-order valence-electron chi connectivity index (χ1n) is 3.80. The van der Waals surface area contributed by atoms with Gasteiger partial charge in [-0.25, -0.2) is 0 Å². The Balaban J connectivity index is 3.21. The van der Waals surface area contributed by atoms with E-state index >= 15 is 0 Å². The number of carbonyl (C=O) groups excluding carboxylic acids is 1. The molecule has 1 rings (SSSR count). The van der Waals surface area contributed by atoms with Crippen LogP contribution in [-0.4, -0.2) is 31.0 Å². The zero-order valence-corrected chi connectivity index (χ0v) is 7.41. The average Bonchev–Trinajstić information content (AvgIpc) is 2.14. The summed E-state index contributed by atoms with van der Waals surface area (Å²) in [6, 6.07) is 0. The van der Waals surface area contributed by atoms with Gasteiger partial charge in [-0.05, 0) is 0 Å². The molecule has 0 spiro atoms. The molecule has 0 radical (unpaired) electrons. The van der Waals surface area contributed by atoms with Crippen molar-refractivity contribution in [2.24, 2.45) is 4.99 Å². The van der Waals surface area contributed by atoms with Gasteiger partial charge in [0.2, 0.25) is 0 Å². The lowest BCUT2D eigenvalue weighted by atomic mass is 10.1. The Morgan fingerprint density at radius 2 is 1.81 bits per heavy atom. The maximum Gasteiger partial charge on any atom is 0.455 e. The van der Waals surface area contributed by atoms with Crippen LogP contribution in [0.15, 0.2) is 16.3 Å². The van der Waals surface area contributed by atoms with Crippen molar-refractivity contribution in [1.82, 2.24) is 5.32 Å². The van der Waals surface area contributed by atoms with E-state index in [1.807, 2.05) is 0 Å². The number of nitrogens with one attached hydrogen (secondary N) is 1. The molecule has 1 aliphatic rings. The summed E-state index contributed by atoms with van der Waals surface area (Å²) < 4.78 is 72.6. The number of halogens is 6. The summed E-state index contributed by atoms with van der Waals surface area (Å²) in [5.41, 5.74) is -3.24. The van der Waals surface area contributed by atoms with Gasteiger partial charge in [-0.2, -0.15) is 26.3 Å². The van der Waals surface area contributed by atoms with Crippen LogP contribution in [0, 0.1) is 0 Å². The molecule has 16 heavy (non-hydrogen) atoms. The Hall–Kier alpha value is -1.54. The molecule has 0 amide bonds. The van der Waals surface area contributed by atoms with Crippen molar-refractivity contribution in [3.63, 3.8) is 0 Å². The van der Waals surface area contributed by atoms with Crippen molar-refractivity contribution >= 4 is 12.0 Å². The maximum atomic E-state index is 12.2. The Bertz CT molecular complexity index is 364. The molecule has 9 heteroatoms. The van der Waals surface area contributed by atoms with Crippen molar-refractivity contribution in [2.45, 2.75) is 12.4 Å². The number of allylic oxidation sites excluding steroid dienone is 2. The summed E-state index contributed by atoms with van der Waals surface area (Å²) in [5.74, 6) is -2.57. The van der Waals surface area contributed by atoms with Gasteiger partial charge >= 0.3 is 12.4 Å². The highest BCUT2D eigenvalue weighted by atomic mass is 19.4. The van der Waals surface area contributed by atoms with Crippen LogP contribution < -0.4 is 5.32 Å². The van der Waals surface area contributed by atoms with Crippen LogP contribution in [0.25, 0.3) is 0 Å². The summed E-state index contributed by atoms with van der Waals surface area (Å²) in [7, 11) is 0. The number of aliphatic imine (C=N–C) groups is 1. The molecule has 0 saturated heterocycles. The molecule has 3 nitrogen and oxygen atoms in total. The first-order chi connectivity index (χ1) is 7.14. The van der Waals surface area contributed by atoms with Crippen molar-refractivity contribution in [3.05, 3.63) is 11.3 Å². The molecule has 0 fully saturated rings. The molecular weight excluding hydrogens is 242 g/mol. The van der Waals surface area contributed by atoms with Gasteiger partial charge in [-0.1, -0.05) is 0 Å². The maximum absolute atomic E-state index is 12.2. The van der Waals surface area contributed by atoms with Gasteiger partial charge in [-0.15, -0.1) is 0 Å². The van der Waals surface area contributed by atoms with Gasteiger partial charge in [0.1, 0.15) is 12.4 Å². The van der Waals surface area contributed by atoms with E-state index in [4.69, 9.17) is 0 Å². The lowest BCUT2D eigenvalue weighted by Crippen LogP contribution is -2.37. The molecule has 0 aliphatic carbocycles. The normalized spacial score (nSPS) is 17.4. The van der Waals surface area contributed by atoms with E-state index in [2.05, 4.69) is 4.99 Å². The van der Waals surface area contributed by atoms with Gasteiger partial charge in [0, 0.05) is 6.21 Å². The number of nitrogens with zero attached hydrogens (tertiary/aromatic N) is 1. The smallest absolute Gasteiger partial charge is 0.362 e. The largest absolute Gasteiger partial charge is 0.455 e. The third-order valence-corrected chi connectivity index (χ3v) is 1.62. The van der Waals surface area contributed by atoms with Gasteiger partial charge in [-0.3, -0.25) is 9.79 Å². The lowest BCUT2D eigenvalue weighted by molar-refractivity contribution is -0.166. The highest BCUT2D eigenvalue weighted by Gasteiger charge is 2.46. The zero-order valence-electron chi connectivity index (χ0n) is 7.41. The highest BCUT2D eigenvalue weighted by molar-refractivity contribution is 6.16. The number of alkyl halides is 6. The molecule has 0 aromatic heterocycles. The van der Waals surface area contributed by atoms with E-state index < -0.39 is 36.1 Å². The topological polar surface area (TPSA) is 41.5 Å². The van der Waals surface area contributed by atoms with E-state index in [0.29, 0.717) is 0 Å².